The maximum absolute atomic E-state index is 11.7. The van der Waals surface area contributed by atoms with Crippen molar-refractivity contribution < 1.29 is 18.0 Å². The average Bonchev–Trinajstić information content (AvgIpc) is 2.60. The number of aromatic nitrogens is 3. The summed E-state index contributed by atoms with van der Waals surface area (Å²) < 4.78 is 36.7. The van der Waals surface area contributed by atoms with Gasteiger partial charge in [-0.1, -0.05) is 0 Å². The number of alkyl halides is 3. The summed E-state index contributed by atoms with van der Waals surface area (Å²) in [4.78, 5) is 14.8. The lowest BCUT2D eigenvalue weighted by Crippen LogP contribution is -2.39. The molecule has 0 atom stereocenters. The second-order valence-electron chi connectivity index (χ2n) is 3.33. The summed E-state index contributed by atoms with van der Waals surface area (Å²) >= 11 is 0. The highest BCUT2D eigenvalue weighted by Gasteiger charge is 2.27. The summed E-state index contributed by atoms with van der Waals surface area (Å²) in [6.45, 7) is -1.32. The number of carbonyl (C=O) groups is 1. The van der Waals surface area contributed by atoms with Crippen LogP contribution in [-0.2, 0) is 18.4 Å². The molecule has 0 saturated heterocycles. The molecule has 2 N–H and O–H groups in total. The Morgan fingerprint density at radius 3 is 2.76 bits per heavy atom. The number of nitrogens with zero attached hydrogens (tertiary/aromatic N) is 3. The molecule has 0 fully saturated rings. The summed E-state index contributed by atoms with van der Waals surface area (Å²) in [5.74, 6) is -0.255. The van der Waals surface area contributed by atoms with Gasteiger partial charge in [-0.3, -0.25) is 9.48 Å². The number of halogens is 3. The standard InChI is InChI=1S/C8H12F3N5O/c1-16-5-14-6(15-16)2-12-3-7(17)13-4-8(9,10)11/h5,12H,2-4H2,1H3,(H,13,17). The van der Waals surface area contributed by atoms with Gasteiger partial charge in [0, 0.05) is 7.05 Å². The molecular formula is C8H12F3N5O. The highest BCUT2D eigenvalue weighted by Crippen LogP contribution is 2.11. The third-order valence-corrected chi connectivity index (χ3v) is 1.70. The van der Waals surface area contributed by atoms with Crippen LogP contribution >= 0.6 is 0 Å². The summed E-state index contributed by atoms with van der Waals surface area (Å²) in [7, 11) is 1.69. The van der Waals surface area contributed by atoms with Gasteiger partial charge in [0.15, 0.2) is 5.82 Å². The van der Waals surface area contributed by atoms with E-state index in [4.69, 9.17) is 0 Å². The zero-order valence-corrected chi connectivity index (χ0v) is 9.08. The molecule has 1 amide bonds. The normalized spacial score (nSPS) is 11.5. The van der Waals surface area contributed by atoms with Crippen LogP contribution < -0.4 is 10.6 Å². The Hall–Kier alpha value is -1.64. The Balaban J connectivity index is 2.16. The molecule has 0 aromatic carbocycles. The number of aryl methyl sites for hydroxylation is 1. The van der Waals surface area contributed by atoms with E-state index in [1.165, 1.54) is 11.0 Å². The van der Waals surface area contributed by atoms with E-state index in [1.807, 2.05) is 0 Å². The lowest BCUT2D eigenvalue weighted by molar-refractivity contribution is -0.137. The second kappa shape index (κ2) is 5.62. The lowest BCUT2D eigenvalue weighted by atomic mass is 10.5. The first-order valence-electron chi connectivity index (χ1n) is 4.75. The van der Waals surface area contributed by atoms with Crippen molar-refractivity contribution in [2.45, 2.75) is 12.7 Å². The van der Waals surface area contributed by atoms with E-state index >= 15 is 0 Å². The Morgan fingerprint density at radius 2 is 2.24 bits per heavy atom. The molecule has 6 nitrogen and oxygen atoms in total. The molecule has 0 saturated carbocycles. The van der Waals surface area contributed by atoms with Crippen LogP contribution in [0.15, 0.2) is 6.33 Å². The average molecular weight is 251 g/mol. The van der Waals surface area contributed by atoms with Gasteiger partial charge in [0.25, 0.3) is 0 Å². The van der Waals surface area contributed by atoms with Crippen LogP contribution in [0.3, 0.4) is 0 Å². The fraction of sp³-hybridized carbons (Fsp3) is 0.625. The van der Waals surface area contributed by atoms with Crippen molar-refractivity contribution in [2.24, 2.45) is 7.05 Å². The van der Waals surface area contributed by atoms with E-state index in [0.717, 1.165) is 0 Å². The van der Waals surface area contributed by atoms with Crippen molar-refractivity contribution >= 4 is 5.91 Å². The SMILES string of the molecule is Cn1cnc(CNCC(=O)NCC(F)(F)F)n1. The number of hydrogen-bond acceptors (Lipinski definition) is 4. The Bertz CT molecular complexity index is 375. The molecule has 9 heteroatoms. The minimum Gasteiger partial charge on any atom is -0.346 e. The first-order chi connectivity index (χ1) is 7.87. The van der Waals surface area contributed by atoms with E-state index in [1.54, 1.807) is 12.4 Å². The van der Waals surface area contributed by atoms with Crippen LogP contribution in [0.5, 0.6) is 0 Å². The molecule has 1 aromatic heterocycles. The predicted molar refractivity (Wildman–Crippen MR) is 51.8 cm³/mol. The quantitative estimate of drug-likeness (QED) is 0.745. The molecule has 0 radical (unpaired) electrons. The topological polar surface area (TPSA) is 71.8 Å². The van der Waals surface area contributed by atoms with E-state index in [2.05, 4.69) is 15.4 Å². The molecule has 0 aliphatic rings. The monoisotopic (exact) mass is 251 g/mol. The Kier molecular flexibility index (Phi) is 4.44. The smallest absolute Gasteiger partial charge is 0.346 e. The molecule has 96 valence electrons. The molecule has 0 spiro atoms. The van der Waals surface area contributed by atoms with Gasteiger partial charge in [-0.2, -0.15) is 18.3 Å². The molecule has 1 aromatic rings. The summed E-state index contributed by atoms with van der Waals surface area (Å²) in [5, 5.41) is 8.30. The number of hydrogen-bond donors (Lipinski definition) is 2. The van der Waals surface area contributed by atoms with Crippen LogP contribution in [0.2, 0.25) is 0 Å². The van der Waals surface area contributed by atoms with E-state index < -0.39 is 18.6 Å². The van der Waals surface area contributed by atoms with Crippen LogP contribution in [0, 0.1) is 0 Å². The van der Waals surface area contributed by atoms with Crippen LogP contribution in [0.25, 0.3) is 0 Å². The Labute approximate surface area is 95.2 Å². The van der Waals surface area contributed by atoms with Gasteiger partial charge >= 0.3 is 6.18 Å². The summed E-state index contributed by atoms with van der Waals surface area (Å²) in [6.07, 6.45) is -2.90. The van der Waals surface area contributed by atoms with Gasteiger partial charge in [-0.25, -0.2) is 4.98 Å². The maximum atomic E-state index is 11.7. The van der Waals surface area contributed by atoms with E-state index in [-0.39, 0.29) is 13.1 Å². The minimum atomic E-state index is -4.39. The van der Waals surface area contributed by atoms with Crippen molar-refractivity contribution in [3.05, 3.63) is 12.2 Å². The van der Waals surface area contributed by atoms with Gasteiger partial charge in [-0.05, 0) is 0 Å². The molecule has 17 heavy (non-hydrogen) atoms. The predicted octanol–water partition coefficient (Wildman–Crippen LogP) is -0.417. The van der Waals surface area contributed by atoms with Crippen LogP contribution in [-0.4, -0.2) is 39.9 Å². The molecule has 1 heterocycles. The third kappa shape index (κ3) is 5.85. The molecule has 0 aliphatic carbocycles. The molecule has 0 unspecified atom stereocenters. The fourth-order valence-electron chi connectivity index (χ4n) is 1.01. The summed E-state index contributed by atoms with van der Waals surface area (Å²) in [6, 6.07) is 0. The van der Waals surface area contributed by atoms with Crippen molar-refractivity contribution in [1.29, 1.82) is 0 Å². The van der Waals surface area contributed by atoms with Crippen molar-refractivity contribution in [1.82, 2.24) is 25.4 Å². The van der Waals surface area contributed by atoms with Gasteiger partial charge in [0.2, 0.25) is 5.91 Å². The fourth-order valence-corrected chi connectivity index (χ4v) is 1.01. The first kappa shape index (κ1) is 13.4. The highest BCUT2D eigenvalue weighted by atomic mass is 19.4. The molecule has 1 rings (SSSR count). The largest absolute Gasteiger partial charge is 0.405 e. The van der Waals surface area contributed by atoms with Gasteiger partial charge in [0.1, 0.15) is 12.9 Å². The molecule has 0 aliphatic heterocycles. The zero-order valence-electron chi connectivity index (χ0n) is 9.08. The minimum absolute atomic E-state index is 0.214. The van der Waals surface area contributed by atoms with E-state index in [9.17, 15) is 18.0 Å². The van der Waals surface area contributed by atoms with Gasteiger partial charge in [-0.15, -0.1) is 0 Å². The first-order valence-corrected chi connectivity index (χ1v) is 4.75. The summed E-state index contributed by atoms with van der Waals surface area (Å²) in [5.41, 5.74) is 0. The van der Waals surface area contributed by atoms with Crippen LogP contribution in [0.4, 0.5) is 13.2 Å². The highest BCUT2D eigenvalue weighted by molar-refractivity contribution is 5.77. The number of rotatable bonds is 5. The number of nitrogens with one attached hydrogen (secondary N) is 2. The van der Waals surface area contributed by atoms with Crippen molar-refractivity contribution in [2.75, 3.05) is 13.1 Å². The zero-order chi connectivity index (χ0) is 12.9. The Morgan fingerprint density at radius 1 is 1.53 bits per heavy atom. The van der Waals surface area contributed by atoms with Crippen LogP contribution in [0.1, 0.15) is 5.82 Å². The maximum Gasteiger partial charge on any atom is 0.405 e. The molecule has 0 bridgehead atoms. The van der Waals surface area contributed by atoms with E-state index in [0.29, 0.717) is 5.82 Å². The van der Waals surface area contributed by atoms with Gasteiger partial charge < -0.3 is 10.6 Å². The number of amides is 1. The van der Waals surface area contributed by atoms with Crippen molar-refractivity contribution in [3.63, 3.8) is 0 Å². The third-order valence-electron chi connectivity index (χ3n) is 1.70. The second-order valence-corrected chi connectivity index (χ2v) is 3.33. The van der Waals surface area contributed by atoms with Crippen molar-refractivity contribution in [3.8, 4) is 0 Å². The van der Waals surface area contributed by atoms with Gasteiger partial charge in [0.05, 0.1) is 13.1 Å². The molecular weight excluding hydrogens is 239 g/mol. The number of carbonyl (C=O) groups excluding carboxylic acids is 1. The lowest BCUT2D eigenvalue weighted by Gasteiger charge is -2.08.